The predicted octanol–water partition coefficient (Wildman–Crippen LogP) is 2.11. The summed E-state index contributed by atoms with van der Waals surface area (Å²) >= 11 is 0. The van der Waals surface area contributed by atoms with Crippen molar-refractivity contribution in [1.29, 1.82) is 0 Å². The van der Waals surface area contributed by atoms with Gasteiger partial charge in [-0.25, -0.2) is 14.0 Å². The lowest BCUT2D eigenvalue weighted by molar-refractivity contribution is 0.0684. The molecule has 0 radical (unpaired) electrons. The number of nitrogens with zero attached hydrogens (tertiary/aromatic N) is 3. The quantitative estimate of drug-likeness (QED) is 0.333. The van der Waals surface area contributed by atoms with Gasteiger partial charge in [0.2, 0.25) is 5.43 Å². The smallest absolute Gasteiger partial charge is 0.341 e. The Morgan fingerprint density at radius 1 is 0.944 bits per heavy atom. The van der Waals surface area contributed by atoms with Crippen molar-refractivity contribution in [3.63, 3.8) is 0 Å². The minimum Gasteiger partial charge on any atom is -0.504 e. The Morgan fingerprint density at radius 3 is 2.03 bits per heavy atom. The van der Waals surface area contributed by atoms with E-state index in [1.165, 1.54) is 12.3 Å². The molecular formula is C24H26FN3O8. The van der Waals surface area contributed by atoms with E-state index in [2.05, 4.69) is 4.90 Å². The number of carboxylic acid groups (broad SMARTS) is 2. The first-order valence-corrected chi connectivity index (χ1v) is 11.0. The fourth-order valence-electron chi connectivity index (χ4n) is 3.83. The molecule has 3 aromatic rings. The molecule has 1 aliphatic rings. The number of rotatable bonds is 4. The lowest BCUT2D eigenvalue weighted by Crippen LogP contribution is -2.44. The van der Waals surface area contributed by atoms with E-state index < -0.39 is 40.4 Å². The first-order valence-electron chi connectivity index (χ1n) is 11.0. The highest BCUT2D eigenvalue weighted by molar-refractivity contribution is 5.93. The first kappa shape index (κ1) is 26.3. The number of halogens is 1. The number of phenolic OH excluding ortho intramolecular Hbond substituents is 3. The molecule has 12 heteroatoms. The zero-order chi connectivity index (χ0) is 26.7. The number of benzene rings is 2. The molecule has 1 fully saturated rings. The number of pyridine rings is 1. The molecule has 0 atom stereocenters. The van der Waals surface area contributed by atoms with Crippen molar-refractivity contribution in [2.45, 2.75) is 13.5 Å². The van der Waals surface area contributed by atoms with Gasteiger partial charge in [-0.1, -0.05) is 0 Å². The lowest BCUT2D eigenvalue weighted by Gasteiger charge is -2.34. The fourth-order valence-corrected chi connectivity index (χ4v) is 3.83. The largest absolute Gasteiger partial charge is 0.504 e. The summed E-state index contributed by atoms with van der Waals surface area (Å²) < 4.78 is 16.3. The van der Waals surface area contributed by atoms with Crippen molar-refractivity contribution < 1.29 is 39.5 Å². The summed E-state index contributed by atoms with van der Waals surface area (Å²) in [7, 11) is 2.02. The van der Waals surface area contributed by atoms with Gasteiger partial charge in [0.05, 0.1) is 16.8 Å². The van der Waals surface area contributed by atoms with Gasteiger partial charge in [-0.3, -0.25) is 4.79 Å². The minimum atomic E-state index is -1.30. The Balaban J connectivity index is 0.000000253. The molecule has 2 aromatic carbocycles. The maximum Gasteiger partial charge on any atom is 0.341 e. The summed E-state index contributed by atoms with van der Waals surface area (Å²) in [4.78, 5) is 38.0. The monoisotopic (exact) mass is 503 g/mol. The molecule has 0 amide bonds. The van der Waals surface area contributed by atoms with Gasteiger partial charge < -0.3 is 39.9 Å². The number of fused-ring (bicyclic) bond motifs is 1. The van der Waals surface area contributed by atoms with Crippen LogP contribution in [-0.2, 0) is 6.54 Å². The number of likely N-dealkylation sites (N-methyl/N-ethyl adjacent to an activating group) is 1. The second-order valence-corrected chi connectivity index (χ2v) is 8.24. The Bertz CT molecular complexity index is 1360. The molecular weight excluding hydrogens is 477 g/mol. The molecule has 4 rings (SSSR count). The van der Waals surface area contributed by atoms with Gasteiger partial charge >= 0.3 is 11.9 Å². The van der Waals surface area contributed by atoms with E-state index in [4.69, 9.17) is 20.4 Å². The molecule has 11 nitrogen and oxygen atoms in total. The number of aryl methyl sites for hydroxylation is 1. The van der Waals surface area contributed by atoms with E-state index in [0.29, 0.717) is 30.8 Å². The maximum absolute atomic E-state index is 14.6. The molecule has 0 saturated carbocycles. The van der Waals surface area contributed by atoms with Crippen molar-refractivity contribution in [1.82, 2.24) is 9.47 Å². The fraction of sp³-hybridized carbons (Fsp3) is 0.292. The van der Waals surface area contributed by atoms with Gasteiger partial charge in [-0.05, 0) is 38.2 Å². The SMILES string of the molecule is CCn1cc(C(=O)O)c(=O)c2cc(F)c(N3CCN(C)CC3)cc21.O=C(O)c1cc(O)c(O)c(O)c1. The molecule has 1 aromatic heterocycles. The molecule has 0 spiro atoms. The van der Waals surface area contributed by atoms with Crippen LogP contribution in [0.25, 0.3) is 10.9 Å². The number of aromatic carboxylic acids is 2. The van der Waals surface area contributed by atoms with Crippen LogP contribution >= 0.6 is 0 Å². The van der Waals surface area contributed by atoms with Crippen molar-refractivity contribution in [3.05, 3.63) is 57.6 Å². The first-order chi connectivity index (χ1) is 16.9. The van der Waals surface area contributed by atoms with Crippen LogP contribution in [-0.4, -0.2) is 80.2 Å². The van der Waals surface area contributed by atoms with Crippen LogP contribution in [0.2, 0.25) is 0 Å². The van der Waals surface area contributed by atoms with Crippen molar-refractivity contribution in [2.75, 3.05) is 38.1 Å². The van der Waals surface area contributed by atoms with Crippen molar-refractivity contribution in [2.24, 2.45) is 0 Å². The highest BCUT2D eigenvalue weighted by Gasteiger charge is 2.21. The molecule has 0 unspecified atom stereocenters. The van der Waals surface area contributed by atoms with Crippen LogP contribution in [0.4, 0.5) is 10.1 Å². The summed E-state index contributed by atoms with van der Waals surface area (Å²) in [6, 6.07) is 4.52. The third-order valence-corrected chi connectivity index (χ3v) is 5.88. The summed E-state index contributed by atoms with van der Waals surface area (Å²) in [5, 5.41) is 44.2. The van der Waals surface area contributed by atoms with Gasteiger partial charge in [0.1, 0.15) is 11.4 Å². The number of carbonyl (C=O) groups is 2. The number of aromatic nitrogens is 1. The van der Waals surface area contributed by atoms with E-state index in [1.807, 2.05) is 18.9 Å². The molecule has 1 saturated heterocycles. The third-order valence-electron chi connectivity index (χ3n) is 5.88. The van der Waals surface area contributed by atoms with Gasteiger partial charge in [0.25, 0.3) is 0 Å². The Morgan fingerprint density at radius 2 is 1.53 bits per heavy atom. The number of hydrogen-bond donors (Lipinski definition) is 5. The van der Waals surface area contributed by atoms with E-state index in [-0.39, 0.29) is 16.5 Å². The van der Waals surface area contributed by atoms with Crippen LogP contribution in [0, 0.1) is 5.82 Å². The molecule has 36 heavy (non-hydrogen) atoms. The van der Waals surface area contributed by atoms with Gasteiger partial charge in [-0.2, -0.15) is 0 Å². The average Bonchev–Trinajstić information content (AvgIpc) is 2.83. The highest BCUT2D eigenvalue weighted by Crippen LogP contribution is 2.35. The molecule has 2 heterocycles. The standard InChI is InChI=1S/C17H20FN3O3.C7H6O5/c1-3-20-10-12(17(23)24)16(22)11-8-13(18)15(9-14(11)20)21-6-4-19(2)5-7-21;8-4-1-3(7(11)12)2-5(9)6(4)10/h8-10H,3-7H2,1-2H3,(H,23,24);1-2,8-10H,(H,11,12). The Labute approximate surface area is 204 Å². The van der Waals surface area contributed by atoms with E-state index >= 15 is 0 Å². The number of carboxylic acids is 2. The van der Waals surface area contributed by atoms with Crippen LogP contribution < -0.4 is 10.3 Å². The zero-order valence-corrected chi connectivity index (χ0v) is 19.6. The van der Waals surface area contributed by atoms with Crippen molar-refractivity contribution in [3.8, 4) is 17.2 Å². The summed E-state index contributed by atoms with van der Waals surface area (Å²) in [6.07, 6.45) is 1.33. The summed E-state index contributed by atoms with van der Waals surface area (Å²) in [6.45, 7) is 5.45. The topological polar surface area (TPSA) is 164 Å². The summed E-state index contributed by atoms with van der Waals surface area (Å²) in [5.74, 6) is -5.12. The zero-order valence-electron chi connectivity index (χ0n) is 19.6. The Hall–Kier alpha value is -4.32. The van der Waals surface area contributed by atoms with E-state index in [1.54, 1.807) is 10.6 Å². The van der Waals surface area contributed by atoms with Gasteiger partial charge in [-0.15, -0.1) is 0 Å². The average molecular weight is 503 g/mol. The maximum atomic E-state index is 14.6. The molecule has 192 valence electrons. The number of aromatic hydroxyl groups is 3. The van der Waals surface area contributed by atoms with Crippen LogP contribution in [0.3, 0.4) is 0 Å². The molecule has 0 bridgehead atoms. The molecule has 5 N–H and O–H groups in total. The van der Waals surface area contributed by atoms with Gasteiger partial charge in [0.15, 0.2) is 17.2 Å². The molecule has 1 aliphatic heterocycles. The molecule has 0 aliphatic carbocycles. The van der Waals surface area contributed by atoms with Crippen molar-refractivity contribution >= 4 is 28.5 Å². The summed E-state index contributed by atoms with van der Waals surface area (Å²) in [5.41, 5.74) is -0.256. The minimum absolute atomic E-state index is 0.104. The predicted molar refractivity (Wildman–Crippen MR) is 129 cm³/mol. The van der Waals surface area contributed by atoms with Crippen LogP contribution in [0.5, 0.6) is 17.2 Å². The second kappa shape index (κ2) is 10.5. The lowest BCUT2D eigenvalue weighted by atomic mass is 10.1. The van der Waals surface area contributed by atoms with Gasteiger partial charge in [0, 0.05) is 44.3 Å². The van der Waals surface area contributed by atoms with E-state index in [9.17, 15) is 23.9 Å². The third kappa shape index (κ3) is 5.33. The number of hydrogen-bond acceptors (Lipinski definition) is 8. The number of piperazine rings is 1. The number of phenols is 3. The second-order valence-electron chi connectivity index (χ2n) is 8.24. The highest BCUT2D eigenvalue weighted by atomic mass is 19.1. The van der Waals surface area contributed by atoms with E-state index in [0.717, 1.165) is 25.2 Å². The number of anilines is 1. The Kier molecular flexibility index (Phi) is 7.68. The normalized spacial score (nSPS) is 13.8. The van der Waals surface area contributed by atoms with Crippen LogP contribution in [0.15, 0.2) is 35.3 Å². The van der Waals surface area contributed by atoms with Crippen LogP contribution in [0.1, 0.15) is 27.6 Å².